The molecule has 0 radical (unpaired) electrons. The van der Waals surface area contributed by atoms with Crippen LogP contribution in [0.4, 0.5) is 5.69 Å². The number of anilines is 1. The first-order chi connectivity index (χ1) is 9.65. The van der Waals surface area contributed by atoms with Crippen molar-refractivity contribution in [1.82, 2.24) is 0 Å². The highest BCUT2D eigenvalue weighted by atomic mass is 32.2. The van der Waals surface area contributed by atoms with Gasteiger partial charge in [0.2, 0.25) is 0 Å². The molecule has 2 aromatic carbocycles. The molecule has 4 nitrogen and oxygen atoms in total. The maximum absolute atomic E-state index is 12.2. The minimum absolute atomic E-state index is 0.249. The van der Waals surface area contributed by atoms with Gasteiger partial charge in [0, 0.05) is 6.07 Å². The first-order valence-electron chi connectivity index (χ1n) is 6.49. The Labute approximate surface area is 118 Å². The van der Waals surface area contributed by atoms with E-state index in [9.17, 15) is 8.42 Å². The van der Waals surface area contributed by atoms with Crippen molar-refractivity contribution in [2.45, 2.75) is 17.7 Å². The number of ether oxygens (including phenoxy) is 1. The quantitative estimate of drug-likeness (QED) is 0.945. The van der Waals surface area contributed by atoms with Gasteiger partial charge in [-0.1, -0.05) is 24.3 Å². The molecule has 0 atom stereocenters. The van der Waals surface area contributed by atoms with E-state index >= 15 is 0 Å². The third-order valence-corrected chi connectivity index (χ3v) is 4.62. The van der Waals surface area contributed by atoms with Crippen molar-refractivity contribution in [2.24, 2.45) is 0 Å². The Kier molecular flexibility index (Phi) is 3.36. The molecule has 104 valence electrons. The number of fused-ring (bicyclic) bond motifs is 1. The van der Waals surface area contributed by atoms with Crippen molar-refractivity contribution in [1.29, 1.82) is 0 Å². The third kappa shape index (κ3) is 2.63. The van der Waals surface area contributed by atoms with Gasteiger partial charge in [-0.25, -0.2) is 8.42 Å². The van der Waals surface area contributed by atoms with Gasteiger partial charge in [0.25, 0.3) is 10.0 Å². The van der Waals surface area contributed by atoms with E-state index in [1.807, 2.05) is 6.07 Å². The molecule has 2 aromatic rings. The van der Waals surface area contributed by atoms with Crippen molar-refractivity contribution in [3.05, 3.63) is 54.1 Å². The van der Waals surface area contributed by atoms with Gasteiger partial charge in [-0.2, -0.15) is 0 Å². The molecule has 0 fully saturated rings. The molecule has 20 heavy (non-hydrogen) atoms. The molecule has 1 N–H and O–H groups in total. The Morgan fingerprint density at radius 1 is 1.05 bits per heavy atom. The molecule has 1 aliphatic rings. The summed E-state index contributed by atoms with van der Waals surface area (Å²) in [6, 6.07) is 13.7. The van der Waals surface area contributed by atoms with E-state index < -0.39 is 10.0 Å². The van der Waals surface area contributed by atoms with E-state index in [0.717, 1.165) is 24.2 Å². The van der Waals surface area contributed by atoms with Gasteiger partial charge in [-0.3, -0.25) is 4.72 Å². The second kappa shape index (κ2) is 5.17. The zero-order chi connectivity index (χ0) is 14.0. The van der Waals surface area contributed by atoms with E-state index in [-0.39, 0.29) is 4.90 Å². The van der Waals surface area contributed by atoms with Crippen LogP contribution in [0.1, 0.15) is 12.0 Å². The van der Waals surface area contributed by atoms with Crippen molar-refractivity contribution >= 4 is 15.7 Å². The van der Waals surface area contributed by atoms with E-state index in [1.165, 1.54) is 0 Å². The van der Waals surface area contributed by atoms with Crippen molar-refractivity contribution in [3.8, 4) is 5.75 Å². The number of benzene rings is 2. The van der Waals surface area contributed by atoms with Crippen LogP contribution in [0.25, 0.3) is 0 Å². The van der Waals surface area contributed by atoms with Crippen LogP contribution in [0.2, 0.25) is 0 Å². The lowest BCUT2D eigenvalue weighted by Crippen LogP contribution is -2.14. The van der Waals surface area contributed by atoms with Crippen LogP contribution < -0.4 is 9.46 Å². The average Bonchev–Trinajstić information content (AvgIpc) is 2.48. The Balaban J connectivity index is 1.88. The predicted molar refractivity (Wildman–Crippen MR) is 77.5 cm³/mol. The first kappa shape index (κ1) is 13.0. The largest absolute Gasteiger partial charge is 0.493 e. The molecule has 5 heteroatoms. The first-order valence-corrected chi connectivity index (χ1v) is 7.97. The maximum Gasteiger partial charge on any atom is 0.261 e. The summed E-state index contributed by atoms with van der Waals surface area (Å²) >= 11 is 0. The van der Waals surface area contributed by atoms with Crippen LogP contribution >= 0.6 is 0 Å². The average molecular weight is 289 g/mol. The van der Waals surface area contributed by atoms with Gasteiger partial charge in [0.15, 0.2) is 0 Å². The molecular weight excluding hydrogens is 274 g/mol. The molecule has 0 amide bonds. The predicted octanol–water partition coefficient (Wildman–Crippen LogP) is 2.81. The third-order valence-electron chi connectivity index (χ3n) is 3.22. The highest BCUT2D eigenvalue weighted by Crippen LogP contribution is 2.28. The molecule has 1 aliphatic heterocycles. The minimum Gasteiger partial charge on any atom is -0.493 e. The summed E-state index contributed by atoms with van der Waals surface area (Å²) in [6.45, 7) is 0.682. The SMILES string of the molecule is O=S(=O)(Nc1ccc2c(c1)OCCC2)c1ccccc1. The van der Waals surface area contributed by atoms with Crippen LogP contribution in [0, 0.1) is 0 Å². The van der Waals surface area contributed by atoms with Gasteiger partial charge in [-0.15, -0.1) is 0 Å². The van der Waals surface area contributed by atoms with Crippen LogP contribution in [-0.2, 0) is 16.4 Å². The minimum atomic E-state index is -3.55. The topological polar surface area (TPSA) is 55.4 Å². The molecule has 0 aliphatic carbocycles. The van der Waals surface area contributed by atoms with E-state index in [2.05, 4.69) is 4.72 Å². The summed E-state index contributed by atoms with van der Waals surface area (Å²) in [5, 5.41) is 0. The number of aryl methyl sites for hydroxylation is 1. The van der Waals surface area contributed by atoms with Crippen molar-refractivity contribution < 1.29 is 13.2 Å². The van der Waals surface area contributed by atoms with E-state index in [0.29, 0.717) is 12.3 Å². The van der Waals surface area contributed by atoms with Gasteiger partial charge in [-0.05, 0) is 36.6 Å². The fraction of sp³-hybridized carbons (Fsp3) is 0.200. The summed E-state index contributed by atoms with van der Waals surface area (Å²) in [5.41, 5.74) is 1.65. The van der Waals surface area contributed by atoms with Crippen molar-refractivity contribution in [2.75, 3.05) is 11.3 Å². The lowest BCUT2D eigenvalue weighted by atomic mass is 10.1. The monoisotopic (exact) mass is 289 g/mol. The molecule has 0 unspecified atom stereocenters. The molecule has 3 rings (SSSR count). The fourth-order valence-corrected chi connectivity index (χ4v) is 3.29. The maximum atomic E-state index is 12.2. The zero-order valence-electron chi connectivity index (χ0n) is 10.9. The van der Waals surface area contributed by atoms with Gasteiger partial charge in [0.05, 0.1) is 17.2 Å². The van der Waals surface area contributed by atoms with Crippen LogP contribution in [0.3, 0.4) is 0 Å². The Hall–Kier alpha value is -2.01. The zero-order valence-corrected chi connectivity index (χ0v) is 11.7. The summed E-state index contributed by atoms with van der Waals surface area (Å²) in [6.07, 6.45) is 1.98. The fourth-order valence-electron chi connectivity index (χ4n) is 2.22. The van der Waals surface area contributed by atoms with Crippen LogP contribution in [0.5, 0.6) is 5.75 Å². The number of sulfonamides is 1. The second-order valence-corrected chi connectivity index (χ2v) is 6.38. The van der Waals surface area contributed by atoms with Gasteiger partial charge >= 0.3 is 0 Å². The molecule has 1 heterocycles. The van der Waals surface area contributed by atoms with Crippen LogP contribution in [0.15, 0.2) is 53.4 Å². The number of hydrogen-bond acceptors (Lipinski definition) is 3. The number of nitrogens with one attached hydrogen (secondary N) is 1. The molecule has 0 aromatic heterocycles. The number of hydrogen-bond donors (Lipinski definition) is 1. The molecule has 0 saturated heterocycles. The second-order valence-electron chi connectivity index (χ2n) is 4.69. The van der Waals surface area contributed by atoms with Gasteiger partial charge < -0.3 is 4.74 Å². The highest BCUT2D eigenvalue weighted by molar-refractivity contribution is 7.92. The Morgan fingerprint density at radius 3 is 2.65 bits per heavy atom. The molecule has 0 saturated carbocycles. The lowest BCUT2D eigenvalue weighted by Gasteiger charge is -2.18. The number of rotatable bonds is 3. The molecule has 0 bridgehead atoms. The summed E-state index contributed by atoms with van der Waals surface area (Å²) in [4.78, 5) is 0.249. The summed E-state index contributed by atoms with van der Waals surface area (Å²) < 4.78 is 32.6. The van der Waals surface area contributed by atoms with E-state index in [4.69, 9.17) is 4.74 Å². The summed E-state index contributed by atoms with van der Waals surface area (Å²) in [5.74, 6) is 0.768. The Morgan fingerprint density at radius 2 is 1.85 bits per heavy atom. The van der Waals surface area contributed by atoms with E-state index in [1.54, 1.807) is 42.5 Å². The Bertz CT molecular complexity index is 711. The lowest BCUT2D eigenvalue weighted by molar-refractivity contribution is 0.288. The van der Waals surface area contributed by atoms with Gasteiger partial charge in [0.1, 0.15) is 5.75 Å². The highest BCUT2D eigenvalue weighted by Gasteiger charge is 2.16. The smallest absolute Gasteiger partial charge is 0.261 e. The molecular formula is C15H15NO3S. The summed E-state index contributed by atoms with van der Waals surface area (Å²) in [7, 11) is -3.55. The standard InChI is InChI=1S/C15H15NO3S/c17-20(18,14-6-2-1-3-7-14)16-13-9-8-12-5-4-10-19-15(12)11-13/h1-3,6-9,11,16H,4-5,10H2. The normalized spacial score (nSPS) is 14.2. The van der Waals surface area contributed by atoms with Crippen LogP contribution in [-0.4, -0.2) is 15.0 Å². The van der Waals surface area contributed by atoms with Crippen molar-refractivity contribution in [3.63, 3.8) is 0 Å². The molecule has 0 spiro atoms.